The molecule has 0 aliphatic carbocycles. The Bertz CT molecular complexity index is 409. The Labute approximate surface area is 127 Å². The Morgan fingerprint density at radius 3 is 2.50 bits per heavy atom. The molecule has 0 heterocycles. The molecule has 4 heteroatoms. The third-order valence-electron chi connectivity index (χ3n) is 3.05. The van der Waals surface area contributed by atoms with Gasteiger partial charge >= 0.3 is 0 Å². The number of benzene rings is 1. The molecule has 0 saturated heterocycles. The van der Waals surface area contributed by atoms with Crippen LogP contribution in [0, 0.1) is 0 Å². The molecule has 0 atom stereocenters. The third-order valence-corrected chi connectivity index (χ3v) is 3.29. The summed E-state index contributed by atoms with van der Waals surface area (Å²) in [7, 11) is 0. The predicted octanol–water partition coefficient (Wildman–Crippen LogP) is 3.44. The van der Waals surface area contributed by atoms with Gasteiger partial charge in [-0.25, -0.2) is 0 Å². The summed E-state index contributed by atoms with van der Waals surface area (Å²) in [5.41, 5.74) is 2.39. The highest BCUT2D eigenvalue weighted by molar-refractivity contribution is 6.30. The van der Waals surface area contributed by atoms with Crippen LogP contribution in [0.5, 0.6) is 0 Å². The molecule has 0 aromatic heterocycles. The van der Waals surface area contributed by atoms with Crippen molar-refractivity contribution in [3.63, 3.8) is 0 Å². The minimum absolute atomic E-state index is 0.0617. The second-order valence-corrected chi connectivity index (χ2v) is 6.52. The molecular weight excluding hydrogens is 272 g/mol. The molecule has 0 bridgehead atoms. The minimum Gasteiger partial charge on any atom is -0.395 e. The van der Waals surface area contributed by atoms with Gasteiger partial charge in [0.05, 0.1) is 6.61 Å². The van der Waals surface area contributed by atoms with Crippen LogP contribution in [0.25, 0.3) is 0 Å². The van der Waals surface area contributed by atoms with E-state index in [9.17, 15) is 5.11 Å². The van der Waals surface area contributed by atoms with Gasteiger partial charge in [0.25, 0.3) is 0 Å². The molecule has 0 unspecified atom stereocenters. The molecule has 0 aliphatic heterocycles. The van der Waals surface area contributed by atoms with Crippen molar-refractivity contribution < 1.29 is 5.11 Å². The van der Waals surface area contributed by atoms with Crippen molar-refractivity contribution in [3.05, 3.63) is 28.8 Å². The van der Waals surface area contributed by atoms with Crippen molar-refractivity contribution in [1.29, 1.82) is 0 Å². The van der Waals surface area contributed by atoms with Gasteiger partial charge in [-0.2, -0.15) is 0 Å². The molecule has 0 fully saturated rings. The van der Waals surface area contributed by atoms with Crippen LogP contribution in [0.4, 0.5) is 5.69 Å². The second-order valence-electron chi connectivity index (χ2n) is 6.09. The number of hydrogen-bond donors (Lipinski definition) is 2. The van der Waals surface area contributed by atoms with Gasteiger partial charge in [0, 0.05) is 35.9 Å². The van der Waals surface area contributed by atoms with E-state index >= 15 is 0 Å². The quantitative estimate of drug-likeness (QED) is 0.809. The van der Waals surface area contributed by atoms with Crippen molar-refractivity contribution in [2.24, 2.45) is 0 Å². The number of rotatable bonds is 7. The van der Waals surface area contributed by atoms with Crippen LogP contribution in [0.3, 0.4) is 0 Å². The van der Waals surface area contributed by atoms with Gasteiger partial charge in [0.15, 0.2) is 0 Å². The van der Waals surface area contributed by atoms with Crippen molar-refractivity contribution in [3.8, 4) is 0 Å². The maximum absolute atomic E-state index is 9.25. The van der Waals surface area contributed by atoms with Gasteiger partial charge in [-0.3, -0.25) is 0 Å². The fraction of sp³-hybridized carbons (Fsp3) is 0.625. The lowest BCUT2D eigenvalue weighted by atomic mass is 10.1. The smallest absolute Gasteiger partial charge is 0.0606 e. The molecule has 114 valence electrons. The van der Waals surface area contributed by atoms with Crippen LogP contribution in [-0.2, 0) is 6.54 Å². The van der Waals surface area contributed by atoms with Crippen molar-refractivity contribution in [2.75, 3.05) is 24.6 Å². The van der Waals surface area contributed by atoms with E-state index in [2.05, 4.69) is 37.9 Å². The van der Waals surface area contributed by atoms with Crippen molar-refractivity contribution in [2.45, 2.75) is 46.2 Å². The zero-order chi connectivity index (χ0) is 15.2. The fourth-order valence-corrected chi connectivity index (χ4v) is 2.30. The number of nitrogens with one attached hydrogen (secondary N) is 1. The van der Waals surface area contributed by atoms with Gasteiger partial charge in [0.1, 0.15) is 0 Å². The van der Waals surface area contributed by atoms with Crippen LogP contribution in [0.15, 0.2) is 18.2 Å². The highest BCUT2D eigenvalue weighted by atomic mass is 35.5. The molecule has 0 radical (unpaired) electrons. The van der Waals surface area contributed by atoms with E-state index in [4.69, 9.17) is 11.6 Å². The summed E-state index contributed by atoms with van der Waals surface area (Å²) in [6.45, 7) is 11.1. The normalized spacial score (nSPS) is 11.7. The molecule has 20 heavy (non-hydrogen) atoms. The maximum Gasteiger partial charge on any atom is 0.0606 e. The molecule has 0 aliphatic rings. The Morgan fingerprint density at radius 1 is 1.25 bits per heavy atom. The van der Waals surface area contributed by atoms with Crippen molar-refractivity contribution in [1.82, 2.24) is 5.32 Å². The first-order valence-electron chi connectivity index (χ1n) is 7.26. The second kappa shape index (κ2) is 7.87. The highest BCUT2D eigenvalue weighted by Crippen LogP contribution is 2.25. The number of aliphatic hydroxyl groups excluding tert-OH is 1. The van der Waals surface area contributed by atoms with Crippen LogP contribution in [0.2, 0.25) is 5.02 Å². The van der Waals surface area contributed by atoms with Gasteiger partial charge in [-0.1, -0.05) is 18.5 Å². The molecule has 0 saturated carbocycles. The summed E-state index contributed by atoms with van der Waals surface area (Å²) in [5, 5.41) is 13.5. The van der Waals surface area contributed by atoms with E-state index in [1.807, 2.05) is 18.2 Å². The SMILES string of the molecule is CCCN(CCO)c1ccc(Cl)cc1CNC(C)(C)C. The number of aliphatic hydroxyl groups is 1. The first-order chi connectivity index (χ1) is 9.37. The molecule has 1 rings (SSSR count). The molecule has 1 aromatic carbocycles. The van der Waals surface area contributed by atoms with Crippen LogP contribution in [0.1, 0.15) is 39.7 Å². The molecular formula is C16H27ClN2O. The lowest BCUT2D eigenvalue weighted by molar-refractivity contribution is 0.301. The molecule has 0 spiro atoms. The van der Waals surface area contributed by atoms with Crippen LogP contribution < -0.4 is 10.2 Å². The van der Waals surface area contributed by atoms with E-state index in [1.165, 1.54) is 5.56 Å². The predicted molar refractivity (Wildman–Crippen MR) is 87.6 cm³/mol. The standard InChI is InChI=1S/C16H27ClN2O/c1-5-8-19(9-10-20)15-7-6-14(17)11-13(15)12-18-16(2,3)4/h6-7,11,18,20H,5,8-10,12H2,1-4H3. The first-order valence-corrected chi connectivity index (χ1v) is 7.64. The van der Waals surface area contributed by atoms with Gasteiger partial charge in [-0.05, 0) is 51.0 Å². The summed E-state index contributed by atoms with van der Waals surface area (Å²) < 4.78 is 0. The number of nitrogens with zero attached hydrogens (tertiary/aromatic N) is 1. The number of anilines is 1. The summed E-state index contributed by atoms with van der Waals surface area (Å²) in [5.74, 6) is 0. The van der Waals surface area contributed by atoms with E-state index in [1.54, 1.807) is 0 Å². The Balaban J connectivity index is 2.98. The molecule has 3 nitrogen and oxygen atoms in total. The molecule has 1 aromatic rings. The monoisotopic (exact) mass is 298 g/mol. The lowest BCUT2D eigenvalue weighted by Gasteiger charge is -2.28. The lowest BCUT2D eigenvalue weighted by Crippen LogP contribution is -2.36. The Kier molecular flexibility index (Phi) is 6.80. The fourth-order valence-electron chi connectivity index (χ4n) is 2.11. The molecule has 0 amide bonds. The van der Waals surface area contributed by atoms with Gasteiger partial charge in [-0.15, -0.1) is 0 Å². The number of halogens is 1. The number of hydrogen-bond acceptors (Lipinski definition) is 3. The van der Waals surface area contributed by atoms with E-state index in [0.29, 0.717) is 6.54 Å². The average Bonchev–Trinajstić information content (AvgIpc) is 2.35. The Morgan fingerprint density at radius 2 is 1.95 bits per heavy atom. The zero-order valence-electron chi connectivity index (χ0n) is 13.0. The van der Waals surface area contributed by atoms with E-state index in [-0.39, 0.29) is 12.1 Å². The Hall–Kier alpha value is -0.770. The van der Waals surface area contributed by atoms with Gasteiger partial charge < -0.3 is 15.3 Å². The minimum atomic E-state index is 0.0617. The summed E-state index contributed by atoms with van der Waals surface area (Å²) in [6, 6.07) is 5.97. The summed E-state index contributed by atoms with van der Waals surface area (Å²) in [4.78, 5) is 2.22. The first kappa shape index (κ1) is 17.3. The van der Waals surface area contributed by atoms with Gasteiger partial charge in [0.2, 0.25) is 0 Å². The topological polar surface area (TPSA) is 35.5 Å². The largest absolute Gasteiger partial charge is 0.395 e. The van der Waals surface area contributed by atoms with Crippen molar-refractivity contribution >= 4 is 17.3 Å². The highest BCUT2D eigenvalue weighted by Gasteiger charge is 2.14. The molecule has 2 N–H and O–H groups in total. The summed E-state index contributed by atoms with van der Waals surface area (Å²) in [6.07, 6.45) is 1.05. The third kappa shape index (κ3) is 5.70. The maximum atomic E-state index is 9.25. The average molecular weight is 299 g/mol. The van der Waals surface area contributed by atoms with Crippen LogP contribution in [-0.4, -0.2) is 30.3 Å². The van der Waals surface area contributed by atoms with Crippen LogP contribution >= 0.6 is 11.6 Å². The summed E-state index contributed by atoms with van der Waals surface area (Å²) >= 11 is 6.13. The zero-order valence-corrected chi connectivity index (χ0v) is 13.8. The van der Waals surface area contributed by atoms with E-state index in [0.717, 1.165) is 30.2 Å². The van der Waals surface area contributed by atoms with E-state index < -0.39 is 0 Å².